The van der Waals surface area contributed by atoms with Gasteiger partial charge in [0.05, 0.1) is 11.0 Å². The summed E-state index contributed by atoms with van der Waals surface area (Å²) in [5.41, 5.74) is 1.72. The van der Waals surface area contributed by atoms with E-state index < -0.39 is 0 Å². The second-order valence-corrected chi connectivity index (χ2v) is 4.43. The minimum atomic E-state index is -0.0111. The van der Waals surface area contributed by atoms with Crippen LogP contribution in [0.5, 0.6) is 0 Å². The van der Waals surface area contributed by atoms with E-state index in [2.05, 4.69) is 10.3 Å². The number of nitrogens with one attached hydrogen (secondary N) is 1. The first-order valence-corrected chi connectivity index (χ1v) is 5.70. The number of imidazole rings is 1. The van der Waals surface area contributed by atoms with Crippen molar-refractivity contribution in [2.45, 2.75) is 0 Å². The molecule has 0 bridgehead atoms. The van der Waals surface area contributed by atoms with Gasteiger partial charge in [-0.2, -0.15) is 0 Å². The van der Waals surface area contributed by atoms with E-state index in [4.69, 9.17) is 0 Å². The highest BCUT2D eigenvalue weighted by Gasteiger charge is 2.09. The number of para-hydroxylation sites is 2. The third-order valence-corrected chi connectivity index (χ3v) is 3.39. The van der Waals surface area contributed by atoms with Crippen molar-refractivity contribution < 1.29 is 0 Å². The second kappa shape index (κ2) is 3.31. The standard InChI is InChI=1S/C11H9N3OS/c1-12-6-9-10(15)14-8-5-3-2-4-7(8)13-11(14)16-9/h2-6,12H,1H3/b9-6+. The predicted molar refractivity (Wildman–Crippen MR) is 65.6 cm³/mol. The molecule has 5 heteroatoms. The number of fused-ring (bicyclic) bond motifs is 3. The maximum atomic E-state index is 12.1. The van der Waals surface area contributed by atoms with Gasteiger partial charge in [0, 0.05) is 13.2 Å². The summed E-state index contributed by atoms with van der Waals surface area (Å²) in [7, 11) is 1.78. The van der Waals surface area contributed by atoms with Crippen molar-refractivity contribution in [3.05, 3.63) is 39.2 Å². The molecule has 16 heavy (non-hydrogen) atoms. The highest BCUT2D eigenvalue weighted by atomic mass is 32.1. The number of hydrogen-bond acceptors (Lipinski definition) is 4. The SMILES string of the molecule is CN/C=c1/sc2nc3ccccc3n2c1=O. The van der Waals surface area contributed by atoms with Gasteiger partial charge in [-0.05, 0) is 12.1 Å². The Morgan fingerprint density at radius 3 is 3.06 bits per heavy atom. The fourth-order valence-electron chi connectivity index (χ4n) is 1.74. The lowest BCUT2D eigenvalue weighted by molar-refractivity contribution is 1.15. The molecular formula is C11H9N3OS. The zero-order valence-electron chi connectivity index (χ0n) is 8.60. The summed E-state index contributed by atoms with van der Waals surface area (Å²) < 4.78 is 2.33. The summed E-state index contributed by atoms with van der Waals surface area (Å²) in [5, 5.41) is 2.87. The van der Waals surface area contributed by atoms with Crippen LogP contribution in [0.1, 0.15) is 0 Å². The molecule has 3 rings (SSSR count). The van der Waals surface area contributed by atoms with E-state index >= 15 is 0 Å². The van der Waals surface area contributed by atoms with Crippen LogP contribution in [-0.2, 0) is 0 Å². The van der Waals surface area contributed by atoms with Crippen molar-refractivity contribution in [1.29, 1.82) is 0 Å². The van der Waals surface area contributed by atoms with Gasteiger partial charge in [0.15, 0.2) is 4.96 Å². The van der Waals surface area contributed by atoms with Gasteiger partial charge in [0.2, 0.25) is 0 Å². The molecule has 0 radical (unpaired) electrons. The molecule has 2 heterocycles. The smallest absolute Gasteiger partial charge is 0.276 e. The average Bonchev–Trinajstić information content (AvgIpc) is 2.78. The Labute approximate surface area is 94.8 Å². The summed E-state index contributed by atoms with van der Waals surface area (Å²) in [6, 6.07) is 7.65. The van der Waals surface area contributed by atoms with Crippen LogP contribution in [0.2, 0.25) is 0 Å². The van der Waals surface area contributed by atoms with Gasteiger partial charge in [0.25, 0.3) is 5.56 Å². The number of thiazole rings is 1. The van der Waals surface area contributed by atoms with Crippen LogP contribution in [0.3, 0.4) is 0 Å². The lowest BCUT2D eigenvalue weighted by Gasteiger charge is -1.86. The largest absolute Gasteiger partial charge is 0.393 e. The zero-order chi connectivity index (χ0) is 11.1. The first-order valence-electron chi connectivity index (χ1n) is 4.89. The molecule has 0 fully saturated rings. The number of benzene rings is 1. The molecule has 4 nitrogen and oxygen atoms in total. The normalized spacial score (nSPS) is 12.7. The minimum absolute atomic E-state index is 0.0111. The Balaban J connectivity index is 2.55. The number of rotatable bonds is 1. The van der Waals surface area contributed by atoms with Crippen LogP contribution in [-0.4, -0.2) is 16.4 Å². The molecule has 2 aromatic heterocycles. The number of aromatic nitrogens is 2. The van der Waals surface area contributed by atoms with Gasteiger partial charge in [-0.3, -0.25) is 4.79 Å². The summed E-state index contributed by atoms with van der Waals surface area (Å²) in [6.45, 7) is 0. The average molecular weight is 231 g/mol. The minimum Gasteiger partial charge on any atom is -0.393 e. The molecule has 0 unspecified atom stereocenters. The number of nitrogens with zero attached hydrogens (tertiary/aromatic N) is 2. The third kappa shape index (κ3) is 1.15. The van der Waals surface area contributed by atoms with Crippen molar-refractivity contribution in [3.63, 3.8) is 0 Å². The van der Waals surface area contributed by atoms with E-state index in [0.29, 0.717) is 4.53 Å². The Morgan fingerprint density at radius 2 is 2.25 bits per heavy atom. The van der Waals surface area contributed by atoms with E-state index in [1.54, 1.807) is 17.6 Å². The predicted octanol–water partition coefficient (Wildman–Crippen LogP) is 0.585. The molecule has 1 aromatic carbocycles. The fraction of sp³-hybridized carbons (Fsp3) is 0.0909. The van der Waals surface area contributed by atoms with Crippen LogP contribution in [0.25, 0.3) is 22.2 Å². The van der Waals surface area contributed by atoms with E-state index in [0.717, 1.165) is 16.0 Å². The van der Waals surface area contributed by atoms with Crippen LogP contribution in [0, 0.1) is 0 Å². The molecule has 0 aliphatic rings. The van der Waals surface area contributed by atoms with Crippen molar-refractivity contribution in [2.75, 3.05) is 7.05 Å². The Kier molecular flexibility index (Phi) is 1.94. The third-order valence-electron chi connectivity index (χ3n) is 2.42. The van der Waals surface area contributed by atoms with Crippen molar-refractivity contribution in [1.82, 2.24) is 14.7 Å². The van der Waals surface area contributed by atoms with Gasteiger partial charge in [-0.15, -0.1) is 0 Å². The zero-order valence-corrected chi connectivity index (χ0v) is 9.41. The van der Waals surface area contributed by atoms with E-state index in [9.17, 15) is 4.79 Å². The van der Waals surface area contributed by atoms with Gasteiger partial charge in [-0.25, -0.2) is 9.38 Å². The van der Waals surface area contributed by atoms with Crippen LogP contribution in [0.15, 0.2) is 29.1 Å². The van der Waals surface area contributed by atoms with Crippen LogP contribution < -0.4 is 15.4 Å². The Morgan fingerprint density at radius 1 is 1.44 bits per heavy atom. The molecule has 3 aromatic rings. The summed E-state index contributed by atoms with van der Waals surface area (Å²) in [6.07, 6.45) is 1.70. The first kappa shape index (κ1) is 9.35. The summed E-state index contributed by atoms with van der Waals surface area (Å²) in [5.74, 6) is 0. The molecule has 0 aliphatic heterocycles. The second-order valence-electron chi connectivity index (χ2n) is 3.42. The lowest BCUT2D eigenvalue weighted by atomic mass is 10.3. The monoisotopic (exact) mass is 231 g/mol. The van der Waals surface area contributed by atoms with Crippen molar-refractivity contribution >= 4 is 33.5 Å². The van der Waals surface area contributed by atoms with Gasteiger partial charge in [-0.1, -0.05) is 23.5 Å². The molecule has 0 aliphatic carbocycles. The topological polar surface area (TPSA) is 46.4 Å². The Hall–Kier alpha value is -1.88. The lowest BCUT2D eigenvalue weighted by Crippen LogP contribution is -2.24. The molecule has 0 spiro atoms. The molecule has 0 atom stereocenters. The van der Waals surface area contributed by atoms with Crippen molar-refractivity contribution in [3.8, 4) is 0 Å². The Bertz CT molecular complexity index is 772. The van der Waals surface area contributed by atoms with Crippen molar-refractivity contribution in [2.24, 2.45) is 0 Å². The molecule has 1 N–H and O–H groups in total. The van der Waals surface area contributed by atoms with Gasteiger partial charge in [0.1, 0.15) is 4.53 Å². The summed E-state index contributed by atoms with van der Waals surface area (Å²) in [4.78, 5) is 17.2. The van der Waals surface area contributed by atoms with Gasteiger partial charge >= 0.3 is 0 Å². The molecular weight excluding hydrogens is 222 g/mol. The van der Waals surface area contributed by atoms with Crippen LogP contribution >= 0.6 is 11.3 Å². The van der Waals surface area contributed by atoms with Gasteiger partial charge < -0.3 is 5.32 Å². The molecule has 0 saturated carbocycles. The van der Waals surface area contributed by atoms with E-state index in [-0.39, 0.29) is 5.56 Å². The first-order chi connectivity index (χ1) is 7.81. The highest BCUT2D eigenvalue weighted by Crippen LogP contribution is 2.15. The molecule has 80 valence electrons. The maximum absolute atomic E-state index is 12.1. The highest BCUT2D eigenvalue weighted by molar-refractivity contribution is 7.15. The maximum Gasteiger partial charge on any atom is 0.276 e. The van der Waals surface area contributed by atoms with E-state index in [1.165, 1.54) is 11.3 Å². The quantitative estimate of drug-likeness (QED) is 0.666. The molecule has 0 amide bonds. The molecule has 0 saturated heterocycles. The number of hydrogen-bond donors (Lipinski definition) is 1. The van der Waals surface area contributed by atoms with E-state index in [1.807, 2.05) is 24.3 Å². The van der Waals surface area contributed by atoms with Crippen LogP contribution in [0.4, 0.5) is 0 Å². The summed E-state index contributed by atoms with van der Waals surface area (Å²) >= 11 is 1.40. The fourth-order valence-corrected chi connectivity index (χ4v) is 2.71.